The van der Waals surface area contributed by atoms with E-state index < -0.39 is 5.76 Å². The standard InChI is InChI=1S/C17H17N3O3/c1-12(13-7-9-18-10-8-13)19(2)16(21)11-20-14-5-3-4-6-15(14)23-17(20)22/h3-10,12H,11H2,1-2H3. The van der Waals surface area contributed by atoms with Gasteiger partial charge in [-0.05, 0) is 36.8 Å². The molecule has 0 N–H and O–H groups in total. The number of carbonyl (C=O) groups excluding carboxylic acids is 1. The summed E-state index contributed by atoms with van der Waals surface area (Å²) in [7, 11) is 1.72. The van der Waals surface area contributed by atoms with Crippen molar-refractivity contribution < 1.29 is 9.21 Å². The van der Waals surface area contributed by atoms with Crippen molar-refractivity contribution in [2.45, 2.75) is 19.5 Å². The van der Waals surface area contributed by atoms with E-state index in [1.54, 1.807) is 42.5 Å². The monoisotopic (exact) mass is 311 g/mol. The molecular formula is C17H17N3O3. The van der Waals surface area contributed by atoms with Gasteiger partial charge in [-0.3, -0.25) is 14.3 Å². The summed E-state index contributed by atoms with van der Waals surface area (Å²) in [6.45, 7) is 1.88. The number of aromatic nitrogens is 2. The maximum Gasteiger partial charge on any atom is 0.420 e. The molecule has 2 heterocycles. The minimum atomic E-state index is -0.524. The van der Waals surface area contributed by atoms with E-state index in [9.17, 15) is 9.59 Å². The van der Waals surface area contributed by atoms with E-state index in [4.69, 9.17) is 4.42 Å². The molecule has 6 heteroatoms. The van der Waals surface area contributed by atoms with E-state index >= 15 is 0 Å². The fourth-order valence-electron chi connectivity index (χ4n) is 2.49. The number of hydrogen-bond acceptors (Lipinski definition) is 4. The lowest BCUT2D eigenvalue weighted by molar-refractivity contribution is -0.132. The first-order chi connectivity index (χ1) is 11.1. The molecule has 3 aromatic rings. The lowest BCUT2D eigenvalue weighted by atomic mass is 10.1. The molecule has 1 aromatic carbocycles. The summed E-state index contributed by atoms with van der Waals surface area (Å²) in [6, 6.07) is 10.7. The molecule has 0 aliphatic rings. The lowest BCUT2D eigenvalue weighted by Crippen LogP contribution is -2.34. The Labute approximate surface area is 133 Å². The molecule has 1 amide bonds. The first-order valence-corrected chi connectivity index (χ1v) is 7.32. The normalized spacial score (nSPS) is 12.3. The van der Waals surface area contributed by atoms with Crippen molar-refractivity contribution >= 4 is 17.0 Å². The van der Waals surface area contributed by atoms with E-state index in [1.807, 2.05) is 25.1 Å². The van der Waals surface area contributed by atoms with Gasteiger partial charge >= 0.3 is 5.76 Å². The van der Waals surface area contributed by atoms with Crippen LogP contribution in [0.1, 0.15) is 18.5 Å². The van der Waals surface area contributed by atoms with Crippen LogP contribution < -0.4 is 5.76 Å². The average molecular weight is 311 g/mol. The van der Waals surface area contributed by atoms with Gasteiger partial charge in [-0.2, -0.15) is 0 Å². The first kappa shape index (κ1) is 15.0. The van der Waals surface area contributed by atoms with Gasteiger partial charge < -0.3 is 9.32 Å². The number of carbonyl (C=O) groups is 1. The van der Waals surface area contributed by atoms with Crippen LogP contribution in [-0.2, 0) is 11.3 Å². The first-order valence-electron chi connectivity index (χ1n) is 7.32. The van der Waals surface area contributed by atoms with Crippen LogP contribution >= 0.6 is 0 Å². The predicted molar refractivity (Wildman–Crippen MR) is 85.9 cm³/mol. The van der Waals surface area contributed by atoms with Crippen LogP contribution in [0.2, 0.25) is 0 Å². The molecule has 3 rings (SSSR count). The number of oxazole rings is 1. The van der Waals surface area contributed by atoms with Crippen molar-refractivity contribution in [2.24, 2.45) is 0 Å². The zero-order chi connectivity index (χ0) is 16.4. The average Bonchev–Trinajstić information content (AvgIpc) is 2.90. The summed E-state index contributed by atoms with van der Waals surface area (Å²) in [4.78, 5) is 30.1. The van der Waals surface area contributed by atoms with Crippen LogP contribution in [0.25, 0.3) is 11.1 Å². The van der Waals surface area contributed by atoms with Crippen molar-refractivity contribution in [1.82, 2.24) is 14.5 Å². The second-order valence-electron chi connectivity index (χ2n) is 5.38. The van der Waals surface area contributed by atoms with Gasteiger partial charge in [0, 0.05) is 19.4 Å². The second kappa shape index (κ2) is 6.08. The number of para-hydroxylation sites is 2. The van der Waals surface area contributed by atoms with Crippen LogP contribution in [0, 0.1) is 0 Å². The second-order valence-corrected chi connectivity index (χ2v) is 5.38. The van der Waals surface area contributed by atoms with Gasteiger partial charge in [-0.1, -0.05) is 12.1 Å². The van der Waals surface area contributed by atoms with Gasteiger partial charge in [0.15, 0.2) is 5.58 Å². The van der Waals surface area contributed by atoms with Gasteiger partial charge in [0.1, 0.15) is 6.54 Å². The minimum absolute atomic E-state index is 0.0538. The van der Waals surface area contributed by atoms with E-state index in [0.717, 1.165) is 5.56 Å². The molecular weight excluding hydrogens is 294 g/mol. The zero-order valence-corrected chi connectivity index (χ0v) is 13.0. The molecule has 0 bridgehead atoms. The van der Waals surface area contributed by atoms with Crippen LogP contribution in [0.15, 0.2) is 58.0 Å². The summed E-state index contributed by atoms with van der Waals surface area (Å²) < 4.78 is 6.51. The maximum atomic E-state index is 12.5. The molecule has 0 saturated carbocycles. The highest BCUT2D eigenvalue weighted by Gasteiger charge is 2.20. The Balaban J connectivity index is 1.83. The molecule has 1 atom stereocenters. The number of hydrogen-bond donors (Lipinski definition) is 0. The van der Waals surface area contributed by atoms with Crippen LogP contribution in [0.3, 0.4) is 0 Å². The number of amides is 1. The third kappa shape index (κ3) is 2.88. The van der Waals surface area contributed by atoms with Crippen molar-refractivity contribution in [3.8, 4) is 0 Å². The number of fused-ring (bicyclic) bond motifs is 1. The summed E-state index contributed by atoms with van der Waals surface area (Å²) in [5.41, 5.74) is 2.09. The highest BCUT2D eigenvalue weighted by atomic mass is 16.4. The number of likely N-dealkylation sites (N-methyl/N-ethyl adjacent to an activating group) is 1. The van der Waals surface area contributed by atoms with E-state index in [2.05, 4.69) is 4.98 Å². The number of rotatable bonds is 4. The number of nitrogens with zero attached hydrogens (tertiary/aromatic N) is 3. The topological polar surface area (TPSA) is 68.3 Å². The summed E-state index contributed by atoms with van der Waals surface area (Å²) in [5, 5.41) is 0. The molecule has 0 radical (unpaired) electrons. The fraction of sp³-hybridized carbons (Fsp3) is 0.235. The van der Waals surface area contributed by atoms with E-state index in [1.165, 1.54) is 4.57 Å². The molecule has 1 unspecified atom stereocenters. The fourth-order valence-corrected chi connectivity index (χ4v) is 2.49. The van der Waals surface area contributed by atoms with Crippen molar-refractivity contribution in [3.05, 3.63) is 64.9 Å². The Kier molecular flexibility index (Phi) is 3.97. The smallest absolute Gasteiger partial charge is 0.408 e. The summed E-state index contributed by atoms with van der Waals surface area (Å²) >= 11 is 0. The molecule has 0 fully saturated rings. The predicted octanol–water partition coefficient (Wildman–Crippen LogP) is 2.21. The van der Waals surface area contributed by atoms with Crippen LogP contribution in [-0.4, -0.2) is 27.4 Å². The van der Waals surface area contributed by atoms with E-state index in [-0.39, 0.29) is 18.5 Å². The number of pyridine rings is 1. The van der Waals surface area contributed by atoms with Gasteiger partial charge in [0.05, 0.1) is 11.6 Å². The summed E-state index contributed by atoms with van der Waals surface area (Å²) in [5.74, 6) is -0.688. The lowest BCUT2D eigenvalue weighted by Gasteiger charge is -2.25. The highest BCUT2D eigenvalue weighted by molar-refractivity contribution is 5.79. The SMILES string of the molecule is CC(c1ccncc1)N(C)C(=O)Cn1c(=O)oc2ccccc21. The van der Waals surface area contributed by atoms with Crippen LogP contribution in [0.5, 0.6) is 0 Å². The quantitative estimate of drug-likeness (QED) is 0.741. The van der Waals surface area contributed by atoms with E-state index in [0.29, 0.717) is 11.1 Å². The zero-order valence-electron chi connectivity index (χ0n) is 13.0. The minimum Gasteiger partial charge on any atom is -0.408 e. The van der Waals surface area contributed by atoms with Gasteiger partial charge in [-0.25, -0.2) is 4.79 Å². The Bertz CT molecular complexity index is 883. The van der Waals surface area contributed by atoms with Gasteiger partial charge in [0.25, 0.3) is 0 Å². The van der Waals surface area contributed by atoms with Crippen LogP contribution in [0.4, 0.5) is 0 Å². The highest BCUT2D eigenvalue weighted by Crippen LogP contribution is 2.18. The molecule has 0 aliphatic heterocycles. The number of benzene rings is 1. The Hall–Kier alpha value is -2.89. The molecule has 0 aliphatic carbocycles. The molecule has 2 aromatic heterocycles. The summed E-state index contributed by atoms with van der Waals surface area (Å²) in [6.07, 6.45) is 3.39. The molecule has 0 spiro atoms. The van der Waals surface area contributed by atoms with Crippen molar-refractivity contribution in [2.75, 3.05) is 7.05 Å². The largest absolute Gasteiger partial charge is 0.420 e. The Morgan fingerprint density at radius 1 is 1.26 bits per heavy atom. The third-order valence-electron chi connectivity index (χ3n) is 4.03. The molecule has 118 valence electrons. The van der Waals surface area contributed by atoms with Gasteiger partial charge in [0.2, 0.25) is 5.91 Å². The molecule has 6 nitrogen and oxygen atoms in total. The van der Waals surface area contributed by atoms with Crippen molar-refractivity contribution in [1.29, 1.82) is 0 Å². The maximum absolute atomic E-state index is 12.5. The van der Waals surface area contributed by atoms with Crippen molar-refractivity contribution in [3.63, 3.8) is 0 Å². The molecule has 0 saturated heterocycles. The van der Waals surface area contributed by atoms with Gasteiger partial charge in [-0.15, -0.1) is 0 Å². The Morgan fingerprint density at radius 3 is 2.70 bits per heavy atom. The molecule has 23 heavy (non-hydrogen) atoms. The third-order valence-corrected chi connectivity index (χ3v) is 4.03. The Morgan fingerprint density at radius 2 is 1.96 bits per heavy atom.